The average molecular weight is 313 g/mol. The summed E-state index contributed by atoms with van der Waals surface area (Å²) < 4.78 is 1.10. The lowest BCUT2D eigenvalue weighted by Crippen LogP contribution is -2.30. The third kappa shape index (κ3) is 4.42. The lowest BCUT2D eigenvalue weighted by Gasteiger charge is -2.18. The summed E-state index contributed by atoms with van der Waals surface area (Å²) in [4.78, 5) is 13.4. The van der Waals surface area contributed by atoms with Gasteiger partial charge in [0.05, 0.1) is 0 Å². The van der Waals surface area contributed by atoms with Crippen molar-refractivity contribution in [1.29, 1.82) is 0 Å². The van der Waals surface area contributed by atoms with E-state index < -0.39 is 0 Å². The summed E-state index contributed by atoms with van der Waals surface area (Å²) in [7, 11) is 1.83. The molecule has 0 unspecified atom stereocenters. The molecule has 0 saturated heterocycles. The molecule has 0 aliphatic heterocycles. The van der Waals surface area contributed by atoms with Crippen LogP contribution in [0.1, 0.15) is 31.9 Å². The number of hydrogen-bond donors (Lipinski definition) is 1. The quantitative estimate of drug-likeness (QED) is 0.876. The minimum atomic E-state index is 0.185. The van der Waals surface area contributed by atoms with Crippen LogP contribution in [0.25, 0.3) is 0 Å². The van der Waals surface area contributed by atoms with Crippen LogP contribution in [0.5, 0.6) is 0 Å². The Labute approximate surface area is 118 Å². The van der Waals surface area contributed by atoms with E-state index in [9.17, 15) is 4.79 Å². The summed E-state index contributed by atoms with van der Waals surface area (Å²) in [5, 5.41) is 3.37. The lowest BCUT2D eigenvalue weighted by molar-refractivity contribution is -0.129. The third-order valence-corrected chi connectivity index (χ3v) is 3.78. The van der Waals surface area contributed by atoms with Gasteiger partial charge in [0.1, 0.15) is 0 Å². The second kappa shape index (κ2) is 7.54. The van der Waals surface area contributed by atoms with E-state index in [-0.39, 0.29) is 11.9 Å². The van der Waals surface area contributed by atoms with Crippen LogP contribution in [-0.4, -0.2) is 30.9 Å². The fraction of sp³-hybridized carbons (Fsp3) is 0.500. The SMILES string of the molecule is CCN(C)C(=O)CCN[C@H](C)c1ccccc1Br. The topological polar surface area (TPSA) is 32.3 Å². The molecular formula is C14H21BrN2O. The Kier molecular flexibility index (Phi) is 6.36. The van der Waals surface area contributed by atoms with Crippen molar-refractivity contribution in [3.63, 3.8) is 0 Å². The molecule has 3 nitrogen and oxygen atoms in total. The average Bonchev–Trinajstić information content (AvgIpc) is 2.37. The van der Waals surface area contributed by atoms with Crippen molar-refractivity contribution in [1.82, 2.24) is 10.2 Å². The smallest absolute Gasteiger partial charge is 0.223 e. The van der Waals surface area contributed by atoms with E-state index in [1.165, 1.54) is 5.56 Å². The van der Waals surface area contributed by atoms with Gasteiger partial charge in [0, 0.05) is 37.1 Å². The maximum Gasteiger partial charge on any atom is 0.223 e. The molecule has 4 heteroatoms. The summed E-state index contributed by atoms with van der Waals surface area (Å²) in [6.07, 6.45) is 0.541. The van der Waals surface area contributed by atoms with Gasteiger partial charge in [-0.05, 0) is 25.5 Å². The van der Waals surface area contributed by atoms with E-state index >= 15 is 0 Å². The Morgan fingerprint density at radius 1 is 1.44 bits per heavy atom. The zero-order chi connectivity index (χ0) is 13.5. The number of nitrogens with one attached hydrogen (secondary N) is 1. The van der Waals surface area contributed by atoms with Crippen LogP contribution in [0.4, 0.5) is 0 Å². The first-order valence-electron chi connectivity index (χ1n) is 6.28. The van der Waals surface area contributed by atoms with Crippen LogP contribution >= 0.6 is 15.9 Å². The molecule has 0 bridgehead atoms. The molecule has 1 amide bonds. The summed E-state index contributed by atoms with van der Waals surface area (Å²) >= 11 is 3.54. The van der Waals surface area contributed by atoms with Crippen molar-refractivity contribution in [3.05, 3.63) is 34.3 Å². The Morgan fingerprint density at radius 3 is 2.72 bits per heavy atom. The van der Waals surface area contributed by atoms with Gasteiger partial charge in [-0.2, -0.15) is 0 Å². The van der Waals surface area contributed by atoms with Gasteiger partial charge < -0.3 is 10.2 Å². The van der Waals surface area contributed by atoms with E-state index in [0.717, 1.165) is 11.0 Å². The molecule has 18 heavy (non-hydrogen) atoms. The van der Waals surface area contributed by atoms with Crippen molar-refractivity contribution in [2.75, 3.05) is 20.1 Å². The zero-order valence-electron chi connectivity index (χ0n) is 11.2. The molecule has 0 aliphatic carbocycles. The van der Waals surface area contributed by atoms with Crippen LogP contribution < -0.4 is 5.32 Å². The predicted molar refractivity (Wildman–Crippen MR) is 78.5 cm³/mol. The van der Waals surface area contributed by atoms with Gasteiger partial charge in [-0.25, -0.2) is 0 Å². The molecule has 1 aromatic rings. The molecule has 0 spiro atoms. The van der Waals surface area contributed by atoms with Crippen LogP contribution in [0.3, 0.4) is 0 Å². The highest BCUT2D eigenvalue weighted by molar-refractivity contribution is 9.10. The Bertz CT molecular complexity index is 395. The Morgan fingerprint density at radius 2 is 2.11 bits per heavy atom. The maximum atomic E-state index is 11.6. The fourth-order valence-electron chi connectivity index (χ4n) is 1.70. The largest absolute Gasteiger partial charge is 0.346 e. The van der Waals surface area contributed by atoms with E-state index in [0.29, 0.717) is 13.0 Å². The molecule has 1 N–H and O–H groups in total. The number of halogens is 1. The molecule has 1 atom stereocenters. The standard InChI is InChI=1S/C14H21BrN2O/c1-4-17(3)14(18)9-10-16-11(2)12-7-5-6-8-13(12)15/h5-8,11,16H,4,9-10H2,1-3H3/t11-/m1/s1. The highest BCUT2D eigenvalue weighted by Crippen LogP contribution is 2.22. The molecule has 0 aliphatic rings. The highest BCUT2D eigenvalue weighted by atomic mass is 79.9. The first-order chi connectivity index (χ1) is 8.56. The molecule has 0 aromatic heterocycles. The molecular weight excluding hydrogens is 292 g/mol. The molecule has 1 rings (SSSR count). The number of hydrogen-bond acceptors (Lipinski definition) is 2. The minimum Gasteiger partial charge on any atom is -0.346 e. The van der Waals surface area contributed by atoms with Crippen LogP contribution in [0.15, 0.2) is 28.7 Å². The van der Waals surface area contributed by atoms with Gasteiger partial charge in [-0.1, -0.05) is 34.1 Å². The Balaban J connectivity index is 2.41. The predicted octanol–water partition coefficient (Wildman–Crippen LogP) is 2.97. The maximum absolute atomic E-state index is 11.6. The first-order valence-corrected chi connectivity index (χ1v) is 7.07. The van der Waals surface area contributed by atoms with Gasteiger partial charge in [0.25, 0.3) is 0 Å². The van der Waals surface area contributed by atoms with E-state index in [2.05, 4.69) is 34.2 Å². The molecule has 1 aromatic carbocycles. The molecule has 0 fully saturated rings. The van der Waals surface area contributed by atoms with Gasteiger partial charge >= 0.3 is 0 Å². The van der Waals surface area contributed by atoms with Crippen molar-refractivity contribution < 1.29 is 4.79 Å². The number of carbonyl (C=O) groups excluding carboxylic acids is 1. The number of amides is 1. The summed E-state index contributed by atoms with van der Waals surface area (Å²) in [5.74, 6) is 0.185. The van der Waals surface area contributed by atoms with Crippen LogP contribution in [-0.2, 0) is 4.79 Å². The third-order valence-electron chi connectivity index (χ3n) is 3.06. The number of carbonyl (C=O) groups is 1. The zero-order valence-corrected chi connectivity index (χ0v) is 12.8. The highest BCUT2D eigenvalue weighted by Gasteiger charge is 2.10. The van der Waals surface area contributed by atoms with E-state index in [1.54, 1.807) is 4.90 Å². The van der Waals surface area contributed by atoms with Crippen LogP contribution in [0, 0.1) is 0 Å². The van der Waals surface area contributed by atoms with Crippen molar-refractivity contribution in [2.45, 2.75) is 26.3 Å². The number of benzene rings is 1. The first kappa shape index (κ1) is 15.2. The van der Waals surface area contributed by atoms with Gasteiger partial charge in [0.2, 0.25) is 5.91 Å². The van der Waals surface area contributed by atoms with Crippen molar-refractivity contribution in [3.8, 4) is 0 Å². The van der Waals surface area contributed by atoms with Crippen LogP contribution in [0.2, 0.25) is 0 Å². The van der Waals surface area contributed by atoms with Gasteiger partial charge in [-0.3, -0.25) is 4.79 Å². The molecule has 0 heterocycles. The van der Waals surface area contributed by atoms with E-state index in [4.69, 9.17) is 0 Å². The normalized spacial score (nSPS) is 12.2. The minimum absolute atomic E-state index is 0.185. The number of nitrogens with zero attached hydrogens (tertiary/aromatic N) is 1. The van der Waals surface area contributed by atoms with Crippen molar-refractivity contribution in [2.24, 2.45) is 0 Å². The second-order valence-corrected chi connectivity index (χ2v) is 5.21. The Hall–Kier alpha value is -0.870. The number of rotatable bonds is 6. The van der Waals surface area contributed by atoms with Gasteiger partial charge in [0.15, 0.2) is 0 Å². The molecule has 100 valence electrons. The lowest BCUT2D eigenvalue weighted by atomic mass is 10.1. The summed E-state index contributed by atoms with van der Waals surface area (Å²) in [6.45, 7) is 5.55. The molecule has 0 saturated carbocycles. The molecule has 0 radical (unpaired) electrons. The van der Waals surface area contributed by atoms with Crippen molar-refractivity contribution >= 4 is 21.8 Å². The summed E-state index contributed by atoms with van der Waals surface area (Å²) in [5.41, 5.74) is 1.22. The monoisotopic (exact) mass is 312 g/mol. The second-order valence-electron chi connectivity index (χ2n) is 4.36. The summed E-state index contributed by atoms with van der Waals surface area (Å²) in [6, 6.07) is 8.37. The van der Waals surface area contributed by atoms with Gasteiger partial charge in [-0.15, -0.1) is 0 Å². The van der Waals surface area contributed by atoms with E-state index in [1.807, 2.05) is 32.2 Å². The fourth-order valence-corrected chi connectivity index (χ4v) is 2.33.